The molecule has 5 atom stereocenters. The molecule has 6 nitrogen and oxygen atoms in total. The van der Waals surface area contributed by atoms with E-state index in [0.29, 0.717) is 56.1 Å². The van der Waals surface area contributed by atoms with Gasteiger partial charge >= 0.3 is 0 Å². The van der Waals surface area contributed by atoms with Gasteiger partial charge in [0.2, 0.25) is 5.78 Å². The maximum atomic E-state index is 13.1. The predicted molar refractivity (Wildman–Crippen MR) is 133 cm³/mol. The minimum absolute atomic E-state index is 0.0455. The van der Waals surface area contributed by atoms with E-state index in [0.717, 1.165) is 12.0 Å². The topological polar surface area (TPSA) is 101 Å². The van der Waals surface area contributed by atoms with Crippen LogP contribution in [0.3, 0.4) is 0 Å². The molecule has 1 aliphatic heterocycles. The molecule has 3 aliphatic carbocycles. The highest BCUT2D eigenvalue weighted by atomic mass is 16.5. The Bertz CT molecular complexity index is 1030. The van der Waals surface area contributed by atoms with Gasteiger partial charge in [0.15, 0.2) is 11.5 Å². The van der Waals surface area contributed by atoms with Gasteiger partial charge in [0.1, 0.15) is 11.4 Å². The number of fused-ring (bicyclic) bond motifs is 2. The van der Waals surface area contributed by atoms with Crippen LogP contribution in [0, 0.1) is 22.2 Å². The number of rotatable bonds is 3. The molecule has 6 heteroatoms. The van der Waals surface area contributed by atoms with Gasteiger partial charge in [0.25, 0.3) is 0 Å². The van der Waals surface area contributed by atoms with E-state index in [1.807, 2.05) is 27.7 Å². The predicted octanol–water partition coefficient (Wildman–Crippen LogP) is 5.18. The second-order valence-electron chi connectivity index (χ2n) is 12.9. The molecule has 4 aliphatic rings. The van der Waals surface area contributed by atoms with Crippen LogP contribution in [0.4, 0.5) is 0 Å². The van der Waals surface area contributed by atoms with E-state index < -0.39 is 28.3 Å². The van der Waals surface area contributed by atoms with Crippen molar-refractivity contribution in [1.29, 1.82) is 0 Å². The van der Waals surface area contributed by atoms with Crippen molar-refractivity contribution in [3.63, 3.8) is 0 Å². The molecule has 0 aromatic carbocycles. The summed E-state index contributed by atoms with van der Waals surface area (Å²) in [5, 5.41) is 22.0. The van der Waals surface area contributed by atoms with Gasteiger partial charge < -0.3 is 14.9 Å². The number of hydrogen-bond acceptors (Lipinski definition) is 6. The molecular weight excluding hydrogens is 444 g/mol. The lowest BCUT2D eigenvalue weighted by molar-refractivity contribution is -0.173. The summed E-state index contributed by atoms with van der Waals surface area (Å²) in [5.74, 6) is -0.597. The van der Waals surface area contributed by atoms with Crippen LogP contribution < -0.4 is 0 Å². The summed E-state index contributed by atoms with van der Waals surface area (Å²) in [6.07, 6.45) is 4.05. The summed E-state index contributed by atoms with van der Waals surface area (Å²) in [5.41, 5.74) is -0.574. The fourth-order valence-electron chi connectivity index (χ4n) is 7.79. The van der Waals surface area contributed by atoms with Crippen LogP contribution in [-0.4, -0.2) is 45.4 Å². The molecule has 0 aromatic rings. The third-order valence-corrected chi connectivity index (χ3v) is 10.1. The van der Waals surface area contributed by atoms with Crippen molar-refractivity contribution in [3.05, 3.63) is 22.5 Å². The summed E-state index contributed by atoms with van der Waals surface area (Å²) in [6.45, 7) is 13.3. The third kappa shape index (κ3) is 3.87. The molecular formula is C29H42O6. The van der Waals surface area contributed by atoms with Crippen molar-refractivity contribution in [3.8, 4) is 0 Å². The first-order chi connectivity index (χ1) is 16.1. The van der Waals surface area contributed by atoms with E-state index in [-0.39, 0.29) is 34.8 Å². The highest BCUT2D eigenvalue weighted by Gasteiger charge is 2.56. The van der Waals surface area contributed by atoms with Gasteiger partial charge in [-0.1, -0.05) is 19.4 Å². The van der Waals surface area contributed by atoms with Crippen molar-refractivity contribution >= 4 is 17.3 Å². The lowest BCUT2D eigenvalue weighted by atomic mass is 9.53. The summed E-state index contributed by atoms with van der Waals surface area (Å²) in [6, 6.07) is 0. The zero-order chi connectivity index (χ0) is 26.1. The first-order valence-electron chi connectivity index (χ1n) is 13.2. The van der Waals surface area contributed by atoms with Crippen LogP contribution in [0.5, 0.6) is 0 Å². The van der Waals surface area contributed by atoms with Gasteiger partial charge in [-0.05, 0) is 90.0 Å². The zero-order valence-electron chi connectivity index (χ0n) is 22.4. The molecule has 35 heavy (non-hydrogen) atoms. The molecule has 0 aromatic heterocycles. The molecule has 1 saturated heterocycles. The van der Waals surface area contributed by atoms with Crippen LogP contribution in [0.1, 0.15) is 99.8 Å². The minimum atomic E-state index is -0.902. The van der Waals surface area contributed by atoms with E-state index in [9.17, 15) is 24.6 Å². The lowest BCUT2D eigenvalue weighted by Crippen LogP contribution is -2.51. The number of hydrogen-bond donors (Lipinski definition) is 2. The Morgan fingerprint density at radius 1 is 0.943 bits per heavy atom. The van der Waals surface area contributed by atoms with Crippen molar-refractivity contribution in [1.82, 2.24) is 0 Å². The smallest absolute Gasteiger partial charge is 0.223 e. The lowest BCUT2D eigenvalue weighted by Gasteiger charge is -2.51. The third-order valence-electron chi connectivity index (χ3n) is 10.1. The van der Waals surface area contributed by atoms with Crippen molar-refractivity contribution in [2.45, 2.75) is 118 Å². The standard InChI is InChI=1S/C29H42O6/c1-16-17(29(7)15-12-20(31)26(2,3)25(29)24(34)23(16)33)8-9-18-19(30)10-11-22-28(18,6)14-13-21(32)27(4,5)35-22/h18-19,22,30,34H,8-15H2,1-7H3/t18-,19+,22+,28+,29-/m1/s1. The Kier molecular flexibility index (Phi) is 6.29. The molecule has 0 spiro atoms. The Morgan fingerprint density at radius 3 is 2.23 bits per heavy atom. The van der Waals surface area contributed by atoms with E-state index in [4.69, 9.17) is 4.74 Å². The highest BCUT2D eigenvalue weighted by Crippen LogP contribution is 2.59. The number of Topliss-reactive ketones (excluding diaryl/α,β-unsaturated/α-hetero) is 3. The van der Waals surface area contributed by atoms with Gasteiger partial charge in [-0.25, -0.2) is 0 Å². The van der Waals surface area contributed by atoms with Crippen LogP contribution >= 0.6 is 0 Å². The maximum Gasteiger partial charge on any atom is 0.223 e. The SMILES string of the molecule is CC1=C(CC[C@@H]2[C@@H](O)CC[C@@H]3OC(C)(C)C(=O)CC[C@]32C)[C@@]2(C)CCC(=O)C(C)(C)C2=C(O)C1=O. The number of allylic oxidation sites excluding steroid dienone is 3. The first kappa shape index (κ1) is 26.3. The number of carbonyl (C=O) groups excluding carboxylic acids is 3. The molecule has 194 valence electrons. The van der Waals surface area contributed by atoms with Crippen LogP contribution in [0.2, 0.25) is 0 Å². The molecule has 3 fully saturated rings. The maximum absolute atomic E-state index is 13.1. The van der Waals surface area contributed by atoms with Crippen molar-refractivity contribution < 1.29 is 29.3 Å². The number of aliphatic hydroxyl groups excluding tert-OH is 2. The normalized spacial score (nSPS) is 39.3. The second-order valence-corrected chi connectivity index (χ2v) is 12.9. The van der Waals surface area contributed by atoms with Gasteiger partial charge in [-0.15, -0.1) is 0 Å². The molecule has 0 amide bonds. The zero-order valence-corrected chi connectivity index (χ0v) is 22.4. The average molecular weight is 487 g/mol. The van der Waals surface area contributed by atoms with Gasteiger partial charge in [-0.2, -0.15) is 0 Å². The van der Waals surface area contributed by atoms with Gasteiger partial charge in [0, 0.05) is 29.2 Å². The Morgan fingerprint density at radius 2 is 1.57 bits per heavy atom. The summed E-state index contributed by atoms with van der Waals surface area (Å²) >= 11 is 0. The molecule has 2 N–H and O–H groups in total. The number of ketones is 3. The number of carbonyl (C=O) groups is 3. The van der Waals surface area contributed by atoms with Crippen molar-refractivity contribution in [2.75, 3.05) is 0 Å². The van der Waals surface area contributed by atoms with Gasteiger partial charge in [-0.3, -0.25) is 14.4 Å². The summed E-state index contributed by atoms with van der Waals surface area (Å²) < 4.78 is 6.38. The monoisotopic (exact) mass is 486 g/mol. The molecule has 0 radical (unpaired) electrons. The number of ether oxygens (including phenoxy) is 1. The average Bonchev–Trinajstić information content (AvgIpc) is 2.85. The molecule has 1 heterocycles. The van der Waals surface area contributed by atoms with Crippen LogP contribution in [-0.2, 0) is 19.1 Å². The number of aliphatic hydroxyl groups is 2. The van der Waals surface area contributed by atoms with E-state index in [1.54, 1.807) is 6.92 Å². The summed E-state index contributed by atoms with van der Waals surface area (Å²) in [7, 11) is 0. The largest absolute Gasteiger partial charge is 0.504 e. The quantitative estimate of drug-likeness (QED) is 0.570. The first-order valence-corrected chi connectivity index (χ1v) is 13.2. The van der Waals surface area contributed by atoms with Crippen molar-refractivity contribution in [2.24, 2.45) is 22.2 Å². The fourth-order valence-corrected chi connectivity index (χ4v) is 7.79. The molecule has 0 bridgehead atoms. The Hall–Kier alpha value is -1.79. The summed E-state index contributed by atoms with van der Waals surface area (Å²) in [4.78, 5) is 38.6. The van der Waals surface area contributed by atoms with Crippen LogP contribution in [0.25, 0.3) is 0 Å². The van der Waals surface area contributed by atoms with E-state index in [1.165, 1.54) is 0 Å². The Balaban J connectivity index is 1.67. The second kappa shape index (κ2) is 8.37. The van der Waals surface area contributed by atoms with Gasteiger partial charge in [0.05, 0.1) is 12.2 Å². The molecule has 2 saturated carbocycles. The van der Waals surface area contributed by atoms with E-state index >= 15 is 0 Å². The Labute approximate surface area is 209 Å². The minimum Gasteiger partial charge on any atom is -0.504 e. The highest BCUT2D eigenvalue weighted by molar-refractivity contribution is 6.10. The van der Waals surface area contributed by atoms with E-state index in [2.05, 4.69) is 13.8 Å². The van der Waals surface area contributed by atoms with Crippen LogP contribution in [0.15, 0.2) is 22.5 Å². The molecule has 4 rings (SSSR count). The fraction of sp³-hybridized carbons (Fsp3) is 0.759. The molecule has 0 unspecified atom stereocenters.